The smallest absolute Gasteiger partial charge is 0.101 e. The molecule has 0 aliphatic heterocycles. The quantitative estimate of drug-likeness (QED) is 0.660. The van der Waals surface area contributed by atoms with E-state index < -0.39 is 0 Å². The molecule has 2 aromatic carbocycles. The monoisotopic (exact) mass is 247 g/mol. The highest BCUT2D eigenvalue weighted by Crippen LogP contribution is 2.23. The zero-order valence-electron chi connectivity index (χ0n) is 10.9. The van der Waals surface area contributed by atoms with Crippen LogP contribution in [0.3, 0.4) is 0 Å². The number of imidazole rings is 1. The van der Waals surface area contributed by atoms with Gasteiger partial charge >= 0.3 is 0 Å². The molecule has 3 heteroatoms. The van der Waals surface area contributed by atoms with Crippen LogP contribution in [0.25, 0.3) is 16.7 Å². The molecule has 92 valence electrons. The van der Waals surface area contributed by atoms with E-state index in [-0.39, 0.29) is 0 Å². The minimum Gasteiger partial charge on any atom is -0.297 e. The molecule has 0 amide bonds. The molecule has 1 aromatic heterocycles. The number of hydrogen-bond donors (Lipinski definition) is 0. The maximum Gasteiger partial charge on any atom is 0.101 e. The maximum absolute atomic E-state index is 9.20. The molecule has 1 heterocycles. The van der Waals surface area contributed by atoms with E-state index in [1.165, 1.54) is 11.1 Å². The summed E-state index contributed by atoms with van der Waals surface area (Å²) in [4.78, 5) is 4.43. The number of fused-ring (bicyclic) bond motifs is 1. The molecular formula is C16H13N3. The summed E-state index contributed by atoms with van der Waals surface area (Å²) >= 11 is 0. The van der Waals surface area contributed by atoms with E-state index in [1.807, 2.05) is 28.8 Å². The van der Waals surface area contributed by atoms with Crippen molar-refractivity contribution in [3.05, 3.63) is 59.4 Å². The molecule has 0 unspecified atom stereocenters. The average Bonchev–Trinajstić information content (AvgIpc) is 2.82. The second-order valence-corrected chi connectivity index (χ2v) is 4.67. The molecule has 0 N–H and O–H groups in total. The van der Waals surface area contributed by atoms with Gasteiger partial charge in [-0.25, -0.2) is 4.98 Å². The van der Waals surface area contributed by atoms with Crippen molar-refractivity contribution in [1.82, 2.24) is 9.55 Å². The van der Waals surface area contributed by atoms with Crippen LogP contribution in [0.15, 0.2) is 42.7 Å². The number of aromatic nitrogens is 2. The van der Waals surface area contributed by atoms with Gasteiger partial charge in [-0.3, -0.25) is 4.57 Å². The second-order valence-electron chi connectivity index (χ2n) is 4.67. The largest absolute Gasteiger partial charge is 0.297 e. The number of nitrogens with zero attached hydrogens (tertiary/aromatic N) is 3. The molecule has 0 fully saturated rings. The first kappa shape index (κ1) is 11.5. The van der Waals surface area contributed by atoms with Gasteiger partial charge in [-0.2, -0.15) is 5.26 Å². The van der Waals surface area contributed by atoms with Gasteiger partial charge in [-0.15, -0.1) is 0 Å². The number of aryl methyl sites for hydroxylation is 2. The molecule has 0 saturated heterocycles. The fourth-order valence-electron chi connectivity index (χ4n) is 2.23. The van der Waals surface area contributed by atoms with E-state index in [2.05, 4.69) is 37.0 Å². The predicted octanol–water partition coefficient (Wildman–Crippen LogP) is 3.51. The first-order valence-corrected chi connectivity index (χ1v) is 6.14. The number of rotatable bonds is 1. The standard InChI is InChI=1S/C16H13N3/c1-11-7-14-16(8-12(11)2)19(10-18-14)15-6-4-3-5-13(15)9-17/h3-8,10H,1-2H3. The molecule has 19 heavy (non-hydrogen) atoms. The van der Waals surface area contributed by atoms with Crippen molar-refractivity contribution in [2.24, 2.45) is 0 Å². The molecule has 0 atom stereocenters. The van der Waals surface area contributed by atoms with E-state index in [0.717, 1.165) is 16.7 Å². The topological polar surface area (TPSA) is 41.6 Å². The van der Waals surface area contributed by atoms with Crippen molar-refractivity contribution in [1.29, 1.82) is 5.26 Å². The lowest BCUT2D eigenvalue weighted by molar-refractivity contribution is 1.08. The van der Waals surface area contributed by atoms with Gasteiger partial charge in [0.25, 0.3) is 0 Å². The van der Waals surface area contributed by atoms with E-state index in [1.54, 1.807) is 6.33 Å². The lowest BCUT2D eigenvalue weighted by Gasteiger charge is -2.07. The van der Waals surface area contributed by atoms with E-state index >= 15 is 0 Å². The van der Waals surface area contributed by atoms with Crippen LogP contribution >= 0.6 is 0 Å². The summed E-state index contributed by atoms with van der Waals surface area (Å²) in [5, 5.41) is 9.20. The van der Waals surface area contributed by atoms with Gasteiger partial charge in [-0.1, -0.05) is 12.1 Å². The summed E-state index contributed by atoms with van der Waals surface area (Å²) in [6.07, 6.45) is 1.78. The third-order valence-electron chi connectivity index (χ3n) is 3.45. The van der Waals surface area contributed by atoms with Crippen molar-refractivity contribution in [2.45, 2.75) is 13.8 Å². The molecule has 0 aliphatic rings. The van der Waals surface area contributed by atoms with Crippen molar-refractivity contribution >= 4 is 11.0 Å². The number of nitriles is 1. The minimum absolute atomic E-state index is 0.653. The van der Waals surface area contributed by atoms with E-state index in [4.69, 9.17) is 0 Å². The normalized spacial score (nSPS) is 10.6. The first-order valence-electron chi connectivity index (χ1n) is 6.14. The van der Waals surface area contributed by atoms with Crippen molar-refractivity contribution in [2.75, 3.05) is 0 Å². The summed E-state index contributed by atoms with van der Waals surface area (Å²) in [5.74, 6) is 0. The lowest BCUT2D eigenvalue weighted by Crippen LogP contribution is -1.96. The summed E-state index contributed by atoms with van der Waals surface area (Å²) in [7, 11) is 0. The third-order valence-corrected chi connectivity index (χ3v) is 3.45. The van der Waals surface area contributed by atoms with E-state index in [9.17, 15) is 5.26 Å². The minimum atomic E-state index is 0.653. The highest BCUT2D eigenvalue weighted by molar-refractivity contribution is 5.79. The Bertz CT molecular complexity index is 806. The fraction of sp³-hybridized carbons (Fsp3) is 0.125. The summed E-state index contributed by atoms with van der Waals surface area (Å²) in [6, 6.07) is 14.0. The first-order chi connectivity index (χ1) is 9.20. The van der Waals surface area contributed by atoms with Gasteiger partial charge < -0.3 is 0 Å². The molecule has 0 spiro atoms. The van der Waals surface area contributed by atoms with Gasteiger partial charge in [0, 0.05) is 0 Å². The van der Waals surface area contributed by atoms with Gasteiger partial charge in [0.05, 0.1) is 22.3 Å². The Labute approximate surface area is 111 Å². The summed E-state index contributed by atoms with van der Waals surface area (Å²) in [6.45, 7) is 4.17. The van der Waals surface area contributed by atoms with Gasteiger partial charge in [0.15, 0.2) is 0 Å². The van der Waals surface area contributed by atoms with Crippen LogP contribution in [0.1, 0.15) is 16.7 Å². The molecule has 3 aromatic rings. The molecular weight excluding hydrogens is 234 g/mol. The average molecular weight is 247 g/mol. The summed E-state index contributed by atoms with van der Waals surface area (Å²) in [5.41, 5.74) is 5.97. The molecule has 0 aliphatic carbocycles. The number of para-hydroxylation sites is 1. The van der Waals surface area contributed by atoms with Crippen LogP contribution in [-0.4, -0.2) is 9.55 Å². The van der Waals surface area contributed by atoms with Crippen molar-refractivity contribution in [3.8, 4) is 11.8 Å². The van der Waals surface area contributed by atoms with Gasteiger partial charge in [0.2, 0.25) is 0 Å². The SMILES string of the molecule is Cc1cc2ncn(-c3ccccc3C#N)c2cc1C. The predicted molar refractivity (Wildman–Crippen MR) is 75.3 cm³/mol. The van der Waals surface area contributed by atoms with Crippen LogP contribution in [0.4, 0.5) is 0 Å². The number of hydrogen-bond acceptors (Lipinski definition) is 2. The fourth-order valence-corrected chi connectivity index (χ4v) is 2.23. The van der Waals surface area contributed by atoms with Gasteiger partial charge in [-0.05, 0) is 49.2 Å². The Balaban J connectivity index is 2.32. The second kappa shape index (κ2) is 4.25. The molecule has 0 saturated carbocycles. The van der Waals surface area contributed by atoms with Crippen LogP contribution in [-0.2, 0) is 0 Å². The van der Waals surface area contributed by atoms with Crippen LogP contribution in [0.2, 0.25) is 0 Å². The Morgan fingerprint density at radius 3 is 2.63 bits per heavy atom. The molecule has 0 bridgehead atoms. The maximum atomic E-state index is 9.20. The highest BCUT2D eigenvalue weighted by atomic mass is 15.0. The highest BCUT2D eigenvalue weighted by Gasteiger charge is 2.09. The van der Waals surface area contributed by atoms with Crippen LogP contribution < -0.4 is 0 Å². The van der Waals surface area contributed by atoms with Crippen molar-refractivity contribution < 1.29 is 0 Å². The Hall–Kier alpha value is -2.60. The Morgan fingerprint density at radius 1 is 1.11 bits per heavy atom. The molecule has 0 radical (unpaired) electrons. The van der Waals surface area contributed by atoms with Crippen LogP contribution in [0.5, 0.6) is 0 Å². The zero-order chi connectivity index (χ0) is 13.4. The molecule has 3 rings (SSSR count). The zero-order valence-corrected chi connectivity index (χ0v) is 10.9. The number of benzene rings is 2. The lowest BCUT2D eigenvalue weighted by atomic mass is 10.1. The van der Waals surface area contributed by atoms with Crippen LogP contribution in [0, 0.1) is 25.2 Å². The van der Waals surface area contributed by atoms with E-state index in [0.29, 0.717) is 5.56 Å². The summed E-state index contributed by atoms with van der Waals surface area (Å²) < 4.78 is 1.97. The Kier molecular flexibility index (Phi) is 2.57. The Morgan fingerprint density at radius 2 is 1.84 bits per heavy atom. The van der Waals surface area contributed by atoms with Gasteiger partial charge in [0.1, 0.15) is 12.4 Å². The van der Waals surface area contributed by atoms with Crippen molar-refractivity contribution in [3.63, 3.8) is 0 Å². The third kappa shape index (κ3) is 1.78. The molecule has 3 nitrogen and oxygen atoms in total.